The van der Waals surface area contributed by atoms with E-state index in [9.17, 15) is 13.2 Å². The molecular weight excluding hydrogens is 415 g/mol. The zero-order valence-corrected chi connectivity index (χ0v) is 17.5. The molecule has 0 saturated carbocycles. The lowest BCUT2D eigenvalue weighted by Crippen LogP contribution is -2.45. The van der Waals surface area contributed by atoms with E-state index >= 15 is 0 Å². The van der Waals surface area contributed by atoms with E-state index in [0.717, 1.165) is 15.5 Å². The van der Waals surface area contributed by atoms with E-state index in [1.807, 2.05) is 18.4 Å². The number of sulfonamides is 1. The van der Waals surface area contributed by atoms with Crippen molar-refractivity contribution in [1.29, 1.82) is 0 Å². The monoisotopic (exact) mass is 432 g/mol. The minimum absolute atomic E-state index is 0.228. The summed E-state index contributed by atoms with van der Waals surface area (Å²) in [5, 5.41) is 3.34. The lowest BCUT2D eigenvalue weighted by molar-refractivity contribution is -0.116. The number of carbonyl (C=O) groups is 1. The molecule has 26 heavy (non-hydrogen) atoms. The minimum Gasteiger partial charge on any atom is -0.323 e. The standard InChI is InChI=1S/C17H18Cl2N2O3S2/c1-11(17(22)20-15-6-4-5-7-16(15)25-2)21(26(3,23)24)14-9-12(18)8-13(19)10-14/h4-11H,1-3H3,(H,20,22)/t11-/m1/s1. The van der Waals surface area contributed by atoms with Crippen molar-refractivity contribution in [2.75, 3.05) is 22.1 Å². The fourth-order valence-electron chi connectivity index (χ4n) is 2.46. The van der Waals surface area contributed by atoms with Crippen molar-refractivity contribution in [3.63, 3.8) is 0 Å². The van der Waals surface area contributed by atoms with Crippen molar-refractivity contribution in [3.8, 4) is 0 Å². The number of amides is 1. The smallest absolute Gasteiger partial charge is 0.248 e. The third-order valence-electron chi connectivity index (χ3n) is 3.56. The Kier molecular flexibility index (Phi) is 6.85. The van der Waals surface area contributed by atoms with Crippen molar-refractivity contribution in [2.45, 2.75) is 17.9 Å². The average molecular weight is 433 g/mol. The molecule has 0 aromatic heterocycles. The van der Waals surface area contributed by atoms with Crippen LogP contribution in [0, 0.1) is 0 Å². The molecule has 0 bridgehead atoms. The number of hydrogen-bond acceptors (Lipinski definition) is 4. The van der Waals surface area contributed by atoms with Gasteiger partial charge in [0.1, 0.15) is 6.04 Å². The first-order valence-electron chi connectivity index (χ1n) is 7.53. The molecule has 0 radical (unpaired) electrons. The van der Waals surface area contributed by atoms with Gasteiger partial charge in [-0.15, -0.1) is 11.8 Å². The molecule has 2 aromatic carbocycles. The summed E-state index contributed by atoms with van der Waals surface area (Å²) in [6.07, 6.45) is 2.92. The van der Waals surface area contributed by atoms with Crippen molar-refractivity contribution < 1.29 is 13.2 Å². The highest BCUT2D eigenvalue weighted by Crippen LogP contribution is 2.30. The first kappa shape index (κ1) is 20.9. The maximum Gasteiger partial charge on any atom is 0.248 e. The number of para-hydroxylation sites is 1. The third-order valence-corrected chi connectivity index (χ3v) is 6.03. The van der Waals surface area contributed by atoms with Crippen molar-refractivity contribution in [2.24, 2.45) is 0 Å². The Morgan fingerprint density at radius 1 is 1.15 bits per heavy atom. The molecule has 140 valence electrons. The Morgan fingerprint density at radius 2 is 1.73 bits per heavy atom. The second-order valence-electron chi connectivity index (χ2n) is 5.55. The molecule has 0 spiro atoms. The normalized spacial score (nSPS) is 12.5. The van der Waals surface area contributed by atoms with E-state index in [1.54, 1.807) is 12.1 Å². The van der Waals surface area contributed by atoms with Crippen molar-refractivity contribution >= 4 is 62.3 Å². The summed E-state index contributed by atoms with van der Waals surface area (Å²) in [5.41, 5.74) is 0.847. The molecule has 5 nitrogen and oxygen atoms in total. The molecule has 0 aliphatic heterocycles. The Bertz CT molecular complexity index is 900. The molecular formula is C17H18Cl2N2O3S2. The molecule has 9 heteroatoms. The van der Waals surface area contributed by atoms with Gasteiger partial charge in [-0.1, -0.05) is 35.3 Å². The number of benzene rings is 2. The van der Waals surface area contributed by atoms with Crippen LogP contribution in [-0.4, -0.2) is 32.9 Å². The van der Waals surface area contributed by atoms with Crippen molar-refractivity contribution in [1.82, 2.24) is 0 Å². The fraction of sp³-hybridized carbons (Fsp3) is 0.235. The topological polar surface area (TPSA) is 66.5 Å². The van der Waals surface area contributed by atoms with Crippen LogP contribution in [0.4, 0.5) is 11.4 Å². The van der Waals surface area contributed by atoms with Gasteiger partial charge in [-0.25, -0.2) is 8.42 Å². The van der Waals surface area contributed by atoms with Gasteiger partial charge in [-0.05, 0) is 43.5 Å². The van der Waals surface area contributed by atoms with Crippen LogP contribution in [0.5, 0.6) is 0 Å². The molecule has 2 rings (SSSR count). The van der Waals surface area contributed by atoms with Gasteiger partial charge in [0.2, 0.25) is 15.9 Å². The Hall–Kier alpha value is -1.41. The van der Waals surface area contributed by atoms with Gasteiger partial charge in [-0.2, -0.15) is 0 Å². The van der Waals surface area contributed by atoms with Crippen LogP contribution in [0.2, 0.25) is 10.0 Å². The quantitative estimate of drug-likeness (QED) is 0.681. The lowest BCUT2D eigenvalue weighted by Gasteiger charge is -2.28. The summed E-state index contributed by atoms with van der Waals surface area (Å²) in [5.74, 6) is -0.465. The lowest BCUT2D eigenvalue weighted by atomic mass is 10.2. The fourth-order valence-corrected chi connectivity index (χ4v) is 4.69. The van der Waals surface area contributed by atoms with E-state index in [1.165, 1.54) is 36.9 Å². The number of nitrogens with one attached hydrogen (secondary N) is 1. The first-order valence-corrected chi connectivity index (χ1v) is 11.4. The molecule has 1 N–H and O–H groups in total. The van der Waals surface area contributed by atoms with E-state index in [0.29, 0.717) is 5.69 Å². The maximum atomic E-state index is 12.7. The van der Waals surface area contributed by atoms with Gasteiger partial charge < -0.3 is 5.32 Å². The maximum absolute atomic E-state index is 12.7. The number of hydrogen-bond donors (Lipinski definition) is 1. The van der Waals surface area contributed by atoms with Gasteiger partial charge in [0.15, 0.2) is 0 Å². The Labute approximate surface area is 167 Å². The summed E-state index contributed by atoms with van der Waals surface area (Å²) >= 11 is 13.5. The highest BCUT2D eigenvalue weighted by Gasteiger charge is 2.30. The van der Waals surface area contributed by atoms with Gasteiger partial charge in [-0.3, -0.25) is 9.10 Å². The summed E-state index contributed by atoms with van der Waals surface area (Å²) < 4.78 is 25.7. The summed E-state index contributed by atoms with van der Waals surface area (Å²) in [4.78, 5) is 13.6. The van der Waals surface area contributed by atoms with Crippen LogP contribution in [0.15, 0.2) is 47.4 Å². The molecule has 1 amide bonds. The zero-order chi connectivity index (χ0) is 19.5. The number of nitrogens with zero attached hydrogens (tertiary/aromatic N) is 1. The molecule has 2 aromatic rings. The summed E-state index contributed by atoms with van der Waals surface area (Å²) in [6.45, 7) is 1.51. The van der Waals surface area contributed by atoms with Crippen LogP contribution >= 0.6 is 35.0 Å². The molecule has 0 saturated heterocycles. The van der Waals surface area contributed by atoms with E-state index in [2.05, 4.69) is 5.32 Å². The predicted octanol–water partition coefficient (Wildman–Crippen LogP) is 4.51. The highest BCUT2D eigenvalue weighted by atomic mass is 35.5. The number of thioether (sulfide) groups is 1. The molecule has 0 aliphatic carbocycles. The van der Waals surface area contributed by atoms with Crippen LogP contribution in [0.3, 0.4) is 0 Å². The Balaban J connectivity index is 2.38. The second kappa shape index (κ2) is 8.52. The average Bonchev–Trinajstić information content (AvgIpc) is 2.53. The minimum atomic E-state index is -3.75. The van der Waals surface area contributed by atoms with Crippen molar-refractivity contribution in [3.05, 3.63) is 52.5 Å². The van der Waals surface area contributed by atoms with Crippen LogP contribution in [0.25, 0.3) is 0 Å². The Morgan fingerprint density at radius 3 is 2.27 bits per heavy atom. The number of rotatable bonds is 6. The molecule has 0 heterocycles. The molecule has 0 aliphatic rings. The second-order valence-corrected chi connectivity index (χ2v) is 9.13. The zero-order valence-electron chi connectivity index (χ0n) is 14.4. The number of carbonyl (C=O) groups excluding carboxylic acids is 1. The van der Waals surface area contributed by atoms with Gasteiger partial charge in [0.25, 0.3) is 0 Å². The summed E-state index contributed by atoms with van der Waals surface area (Å²) in [6, 6.07) is 10.7. The molecule has 1 atom stereocenters. The SMILES string of the molecule is CSc1ccccc1NC(=O)[C@@H](C)N(c1cc(Cl)cc(Cl)c1)S(C)(=O)=O. The van der Waals surface area contributed by atoms with E-state index in [4.69, 9.17) is 23.2 Å². The largest absolute Gasteiger partial charge is 0.323 e. The van der Waals surface area contributed by atoms with Gasteiger partial charge >= 0.3 is 0 Å². The summed E-state index contributed by atoms with van der Waals surface area (Å²) in [7, 11) is -3.75. The van der Waals surface area contributed by atoms with E-state index < -0.39 is 22.0 Å². The number of halogens is 2. The van der Waals surface area contributed by atoms with Gasteiger partial charge in [0.05, 0.1) is 17.6 Å². The molecule has 0 unspecified atom stereocenters. The number of anilines is 2. The van der Waals surface area contributed by atoms with Gasteiger partial charge in [0, 0.05) is 14.9 Å². The van der Waals surface area contributed by atoms with Crippen LogP contribution in [0.1, 0.15) is 6.92 Å². The third kappa shape index (κ3) is 5.07. The van der Waals surface area contributed by atoms with E-state index in [-0.39, 0.29) is 15.7 Å². The van der Waals surface area contributed by atoms with Crippen LogP contribution < -0.4 is 9.62 Å². The highest BCUT2D eigenvalue weighted by molar-refractivity contribution is 7.98. The first-order chi connectivity index (χ1) is 12.1. The van der Waals surface area contributed by atoms with Crippen LogP contribution in [-0.2, 0) is 14.8 Å². The molecule has 0 fully saturated rings. The predicted molar refractivity (Wildman–Crippen MR) is 110 cm³/mol.